The number of nitrogens with zero attached hydrogens (tertiary/aromatic N) is 1. The molecule has 0 bridgehead atoms. The van der Waals surface area contributed by atoms with Crippen LogP contribution in [0.25, 0.3) is 0 Å². The van der Waals surface area contributed by atoms with Gasteiger partial charge in [-0.1, -0.05) is 0 Å². The molecule has 0 saturated carbocycles. The van der Waals surface area contributed by atoms with Crippen molar-refractivity contribution in [1.29, 1.82) is 0 Å². The maximum atomic E-state index is 12.6. The quantitative estimate of drug-likeness (QED) is 0.528. The Labute approximate surface area is 150 Å². The highest BCUT2D eigenvalue weighted by Gasteiger charge is 2.54. The Morgan fingerprint density at radius 2 is 2.04 bits per heavy atom. The fraction of sp³-hybridized carbons (Fsp3) is 0.688. The predicted molar refractivity (Wildman–Crippen MR) is 89.4 cm³/mol. The summed E-state index contributed by atoms with van der Waals surface area (Å²) in [6, 6.07) is 0. The van der Waals surface area contributed by atoms with Crippen LogP contribution in [0.1, 0.15) is 27.7 Å². The molecule has 2 aliphatic heterocycles. The van der Waals surface area contributed by atoms with Crippen molar-refractivity contribution in [1.82, 2.24) is 4.90 Å². The second kappa shape index (κ2) is 7.76. The summed E-state index contributed by atoms with van der Waals surface area (Å²) in [5.74, 6) is -1.06. The SMILES string of the molecule is CC(=O)OCC1=C(C(=O)OC(C)(C)C)N2C(=O)[C@H](OCCO)[C@H]2SC1. The van der Waals surface area contributed by atoms with E-state index in [9.17, 15) is 14.4 Å². The lowest BCUT2D eigenvalue weighted by molar-refractivity contribution is -0.169. The molecule has 0 unspecified atom stereocenters. The number of carbonyl (C=O) groups excluding carboxylic acids is 3. The van der Waals surface area contributed by atoms with E-state index in [2.05, 4.69) is 0 Å². The van der Waals surface area contributed by atoms with Crippen LogP contribution >= 0.6 is 11.8 Å². The Morgan fingerprint density at radius 3 is 2.60 bits per heavy atom. The van der Waals surface area contributed by atoms with Gasteiger partial charge >= 0.3 is 11.9 Å². The number of hydrogen-bond donors (Lipinski definition) is 1. The zero-order chi connectivity index (χ0) is 18.8. The van der Waals surface area contributed by atoms with Gasteiger partial charge in [-0.3, -0.25) is 14.5 Å². The molecule has 0 aliphatic carbocycles. The summed E-state index contributed by atoms with van der Waals surface area (Å²) in [5, 5.41) is 8.50. The van der Waals surface area contributed by atoms with Crippen LogP contribution in [0.2, 0.25) is 0 Å². The minimum atomic E-state index is -0.725. The van der Waals surface area contributed by atoms with Gasteiger partial charge in [0.15, 0.2) is 6.10 Å². The third-order valence-corrected chi connectivity index (χ3v) is 4.74. The third kappa shape index (κ3) is 4.53. The van der Waals surface area contributed by atoms with Gasteiger partial charge in [-0.05, 0) is 20.8 Å². The van der Waals surface area contributed by atoms with Crippen molar-refractivity contribution in [2.75, 3.05) is 25.6 Å². The zero-order valence-corrected chi connectivity index (χ0v) is 15.6. The number of amides is 1. The Balaban J connectivity index is 2.26. The largest absolute Gasteiger partial charge is 0.461 e. The highest BCUT2D eigenvalue weighted by molar-refractivity contribution is 8.00. The van der Waals surface area contributed by atoms with E-state index in [-0.39, 0.29) is 36.8 Å². The average Bonchev–Trinajstić information content (AvgIpc) is 2.50. The van der Waals surface area contributed by atoms with Crippen molar-refractivity contribution in [3.63, 3.8) is 0 Å². The number of β-lactam (4-membered cyclic amide) rings is 1. The number of rotatable bonds is 6. The summed E-state index contributed by atoms with van der Waals surface area (Å²) in [6.45, 7) is 6.27. The fourth-order valence-electron chi connectivity index (χ4n) is 2.46. The second-order valence-electron chi connectivity index (χ2n) is 6.66. The molecular weight excluding hydrogens is 350 g/mol. The number of esters is 2. The molecule has 1 amide bonds. The van der Waals surface area contributed by atoms with E-state index >= 15 is 0 Å². The van der Waals surface area contributed by atoms with Gasteiger partial charge < -0.3 is 19.3 Å². The predicted octanol–water partition coefficient (Wildman–Crippen LogP) is 0.438. The smallest absolute Gasteiger partial charge is 0.355 e. The van der Waals surface area contributed by atoms with Crippen LogP contribution < -0.4 is 0 Å². The molecule has 2 heterocycles. The van der Waals surface area contributed by atoms with Gasteiger partial charge in [-0.2, -0.15) is 0 Å². The maximum Gasteiger partial charge on any atom is 0.355 e. The van der Waals surface area contributed by atoms with E-state index in [1.165, 1.54) is 23.6 Å². The number of fused-ring (bicyclic) bond motifs is 1. The Bertz CT molecular complexity index is 596. The summed E-state index contributed by atoms with van der Waals surface area (Å²) >= 11 is 1.42. The summed E-state index contributed by atoms with van der Waals surface area (Å²) in [7, 11) is 0. The lowest BCUT2D eigenvalue weighted by Gasteiger charge is -2.49. The molecule has 0 spiro atoms. The molecule has 1 saturated heterocycles. The minimum Gasteiger partial charge on any atom is -0.461 e. The van der Waals surface area contributed by atoms with Crippen LogP contribution in [0.5, 0.6) is 0 Å². The molecule has 0 aromatic heterocycles. The van der Waals surface area contributed by atoms with Crippen molar-refractivity contribution >= 4 is 29.6 Å². The number of ether oxygens (including phenoxy) is 3. The Hall–Kier alpha value is -1.58. The van der Waals surface area contributed by atoms with Crippen LogP contribution in [-0.2, 0) is 28.6 Å². The van der Waals surface area contributed by atoms with Crippen LogP contribution in [-0.4, -0.2) is 70.5 Å². The molecular formula is C16H23NO7S. The van der Waals surface area contributed by atoms with E-state index in [1.807, 2.05) is 0 Å². The number of aliphatic hydroxyl groups is 1. The normalized spacial score (nSPS) is 23.1. The Kier molecular flexibility index (Phi) is 6.12. The van der Waals surface area contributed by atoms with E-state index in [0.29, 0.717) is 11.3 Å². The number of aliphatic hydroxyl groups excluding tert-OH is 1. The minimum absolute atomic E-state index is 0.0487. The van der Waals surface area contributed by atoms with Crippen molar-refractivity contribution in [2.24, 2.45) is 0 Å². The highest BCUT2D eigenvalue weighted by Crippen LogP contribution is 2.42. The fourth-order valence-corrected chi connectivity index (χ4v) is 3.78. The van der Waals surface area contributed by atoms with Crippen LogP contribution in [0, 0.1) is 0 Å². The first-order valence-corrected chi connectivity index (χ1v) is 8.96. The van der Waals surface area contributed by atoms with Gasteiger partial charge in [0, 0.05) is 18.2 Å². The molecule has 9 heteroatoms. The summed E-state index contributed by atoms with van der Waals surface area (Å²) in [4.78, 5) is 37.5. The molecule has 8 nitrogen and oxygen atoms in total. The standard InChI is InChI=1S/C16H23NO7S/c1-9(19)23-7-10-8-25-14-12(22-6-5-18)13(20)17(14)11(10)15(21)24-16(2,3)4/h12,14,18H,5-8H2,1-4H3/t12-,14+/m0/s1. The molecule has 0 aromatic rings. The molecule has 2 rings (SSSR count). The average molecular weight is 373 g/mol. The van der Waals surface area contributed by atoms with Gasteiger partial charge in [-0.25, -0.2) is 4.79 Å². The zero-order valence-electron chi connectivity index (χ0n) is 14.7. The van der Waals surface area contributed by atoms with Crippen LogP contribution in [0.3, 0.4) is 0 Å². The lowest BCUT2D eigenvalue weighted by atomic mass is 10.0. The van der Waals surface area contributed by atoms with Crippen molar-refractivity contribution in [3.8, 4) is 0 Å². The second-order valence-corrected chi connectivity index (χ2v) is 7.76. The molecule has 1 fully saturated rings. The van der Waals surface area contributed by atoms with Gasteiger partial charge in [0.05, 0.1) is 13.2 Å². The summed E-state index contributed by atoms with van der Waals surface area (Å²) in [6.07, 6.45) is -0.704. The first-order chi connectivity index (χ1) is 11.7. The van der Waals surface area contributed by atoms with Gasteiger partial charge in [-0.15, -0.1) is 11.8 Å². The first kappa shape index (κ1) is 19.7. The van der Waals surface area contributed by atoms with E-state index in [0.717, 1.165) is 0 Å². The van der Waals surface area contributed by atoms with Crippen LogP contribution in [0.15, 0.2) is 11.3 Å². The number of carbonyl (C=O) groups is 3. The van der Waals surface area contributed by atoms with Crippen LogP contribution in [0.4, 0.5) is 0 Å². The molecule has 0 aromatic carbocycles. The van der Waals surface area contributed by atoms with E-state index in [4.69, 9.17) is 19.3 Å². The topological polar surface area (TPSA) is 102 Å². The van der Waals surface area contributed by atoms with Crippen molar-refractivity contribution in [3.05, 3.63) is 11.3 Å². The lowest BCUT2D eigenvalue weighted by Crippen LogP contribution is -2.66. The van der Waals surface area contributed by atoms with Gasteiger partial charge in [0.25, 0.3) is 5.91 Å². The molecule has 2 atom stereocenters. The first-order valence-electron chi connectivity index (χ1n) is 7.91. The highest BCUT2D eigenvalue weighted by atomic mass is 32.2. The summed E-state index contributed by atoms with van der Waals surface area (Å²) < 4.78 is 15.8. The van der Waals surface area contributed by atoms with Gasteiger partial charge in [0.1, 0.15) is 23.3 Å². The van der Waals surface area contributed by atoms with E-state index in [1.54, 1.807) is 20.8 Å². The van der Waals surface area contributed by atoms with Gasteiger partial charge in [0.2, 0.25) is 0 Å². The monoisotopic (exact) mass is 373 g/mol. The summed E-state index contributed by atoms with van der Waals surface area (Å²) in [5.41, 5.74) is -0.0781. The molecule has 25 heavy (non-hydrogen) atoms. The van der Waals surface area contributed by atoms with E-state index < -0.39 is 23.6 Å². The van der Waals surface area contributed by atoms with Crippen molar-refractivity contribution in [2.45, 2.75) is 44.8 Å². The third-order valence-electron chi connectivity index (χ3n) is 3.43. The van der Waals surface area contributed by atoms with Crippen molar-refractivity contribution < 1.29 is 33.7 Å². The molecule has 140 valence electrons. The molecule has 0 radical (unpaired) electrons. The maximum absolute atomic E-state index is 12.6. The number of thioether (sulfide) groups is 1. The molecule has 2 aliphatic rings. The molecule has 1 N–H and O–H groups in total. The number of hydrogen-bond acceptors (Lipinski definition) is 8. The Morgan fingerprint density at radius 1 is 1.36 bits per heavy atom.